The first-order valence-corrected chi connectivity index (χ1v) is 7.84. The van der Waals surface area contributed by atoms with Gasteiger partial charge >= 0.3 is 11.8 Å². The van der Waals surface area contributed by atoms with Crippen molar-refractivity contribution < 1.29 is 14.3 Å². The van der Waals surface area contributed by atoms with Gasteiger partial charge in [0.15, 0.2) is 0 Å². The highest BCUT2D eigenvalue weighted by Crippen LogP contribution is 2.17. The van der Waals surface area contributed by atoms with E-state index < -0.39 is 11.8 Å². The van der Waals surface area contributed by atoms with Crippen LogP contribution in [0.25, 0.3) is 0 Å². The van der Waals surface area contributed by atoms with Gasteiger partial charge in [0.2, 0.25) is 0 Å². The third kappa shape index (κ3) is 4.84. The molecule has 5 heteroatoms. The molecule has 2 aromatic rings. The Morgan fingerprint density at radius 3 is 2.25 bits per heavy atom. The van der Waals surface area contributed by atoms with Gasteiger partial charge < -0.3 is 15.4 Å². The molecule has 0 spiro atoms. The number of hydrogen-bond acceptors (Lipinski definition) is 3. The average Bonchev–Trinajstić information content (AvgIpc) is 2.61. The molecule has 5 nitrogen and oxygen atoms in total. The Labute approximate surface area is 142 Å². The van der Waals surface area contributed by atoms with Gasteiger partial charge in [-0.25, -0.2) is 0 Å². The molecular formula is C19H22N2O3. The van der Waals surface area contributed by atoms with E-state index in [-0.39, 0.29) is 0 Å². The van der Waals surface area contributed by atoms with Crippen LogP contribution < -0.4 is 15.4 Å². The van der Waals surface area contributed by atoms with Gasteiger partial charge in [-0.2, -0.15) is 0 Å². The average molecular weight is 326 g/mol. The Bertz CT molecular complexity index is 713. The Balaban J connectivity index is 1.78. The Hall–Kier alpha value is -2.82. The number of ether oxygens (including phenoxy) is 1. The standard InChI is InChI=1S/C19H22N2O3/c1-14-7-3-4-9-16(14)13-21-19(23)18(22)20-12-11-15-8-5-6-10-17(15)24-2/h3-10H,11-13H2,1-2H3,(H,20,22)(H,21,23). The number of carbonyl (C=O) groups excluding carboxylic acids is 2. The number of benzene rings is 2. The van der Waals surface area contributed by atoms with Crippen molar-refractivity contribution in [1.29, 1.82) is 0 Å². The molecule has 0 bridgehead atoms. The molecule has 0 unspecified atom stereocenters. The van der Waals surface area contributed by atoms with Gasteiger partial charge in [0, 0.05) is 13.1 Å². The van der Waals surface area contributed by atoms with Crippen molar-refractivity contribution in [2.45, 2.75) is 19.9 Å². The smallest absolute Gasteiger partial charge is 0.309 e. The second-order valence-electron chi connectivity index (χ2n) is 5.43. The van der Waals surface area contributed by atoms with Crippen LogP contribution in [0, 0.1) is 6.92 Å². The normalized spacial score (nSPS) is 10.1. The molecule has 0 saturated carbocycles. The summed E-state index contributed by atoms with van der Waals surface area (Å²) in [4.78, 5) is 23.7. The fourth-order valence-corrected chi connectivity index (χ4v) is 2.36. The molecule has 0 aliphatic rings. The monoisotopic (exact) mass is 326 g/mol. The minimum absolute atomic E-state index is 0.339. The first-order chi connectivity index (χ1) is 11.6. The summed E-state index contributed by atoms with van der Waals surface area (Å²) in [5, 5.41) is 5.26. The first-order valence-electron chi connectivity index (χ1n) is 7.84. The van der Waals surface area contributed by atoms with Crippen LogP contribution in [-0.2, 0) is 22.6 Å². The molecule has 0 radical (unpaired) electrons. The predicted octanol–water partition coefficient (Wildman–Crippen LogP) is 1.98. The van der Waals surface area contributed by atoms with Crippen molar-refractivity contribution in [3.8, 4) is 5.75 Å². The van der Waals surface area contributed by atoms with Crippen molar-refractivity contribution >= 4 is 11.8 Å². The quantitative estimate of drug-likeness (QED) is 0.798. The van der Waals surface area contributed by atoms with E-state index in [1.807, 2.05) is 55.5 Å². The lowest BCUT2D eigenvalue weighted by Crippen LogP contribution is -2.40. The summed E-state index contributed by atoms with van der Waals surface area (Å²) in [7, 11) is 1.61. The molecule has 126 valence electrons. The molecule has 0 aliphatic carbocycles. The Kier molecular flexibility index (Phi) is 6.37. The van der Waals surface area contributed by atoms with Crippen LogP contribution in [0.15, 0.2) is 48.5 Å². The zero-order valence-corrected chi connectivity index (χ0v) is 14.0. The largest absolute Gasteiger partial charge is 0.496 e. The lowest BCUT2D eigenvalue weighted by atomic mass is 10.1. The number of carbonyl (C=O) groups is 2. The van der Waals surface area contributed by atoms with Crippen molar-refractivity contribution in [3.63, 3.8) is 0 Å². The van der Waals surface area contributed by atoms with Gasteiger partial charge in [0.1, 0.15) is 5.75 Å². The van der Waals surface area contributed by atoms with E-state index in [1.165, 1.54) is 0 Å². The highest BCUT2D eigenvalue weighted by atomic mass is 16.5. The molecule has 0 saturated heterocycles. The minimum Gasteiger partial charge on any atom is -0.496 e. The molecule has 0 aromatic heterocycles. The van der Waals surface area contributed by atoms with Crippen LogP contribution in [0.5, 0.6) is 5.75 Å². The van der Waals surface area contributed by atoms with Gasteiger partial charge in [-0.3, -0.25) is 9.59 Å². The number of nitrogens with one attached hydrogen (secondary N) is 2. The highest BCUT2D eigenvalue weighted by molar-refractivity contribution is 6.35. The zero-order chi connectivity index (χ0) is 17.4. The zero-order valence-electron chi connectivity index (χ0n) is 14.0. The van der Waals surface area contributed by atoms with E-state index in [0.29, 0.717) is 19.5 Å². The number of aryl methyl sites for hydroxylation is 1. The molecule has 0 atom stereocenters. The Morgan fingerprint density at radius 1 is 0.917 bits per heavy atom. The number of rotatable bonds is 6. The van der Waals surface area contributed by atoms with Crippen molar-refractivity contribution in [3.05, 3.63) is 65.2 Å². The van der Waals surface area contributed by atoms with E-state index >= 15 is 0 Å². The van der Waals surface area contributed by atoms with E-state index in [0.717, 1.165) is 22.4 Å². The maximum atomic E-state index is 11.8. The summed E-state index contributed by atoms with van der Waals surface area (Å²) in [5.74, 6) is -0.479. The minimum atomic E-state index is -0.627. The van der Waals surface area contributed by atoms with Gasteiger partial charge in [0.05, 0.1) is 7.11 Å². The number of methoxy groups -OCH3 is 1. The third-order valence-electron chi connectivity index (χ3n) is 3.78. The number of hydrogen-bond donors (Lipinski definition) is 2. The third-order valence-corrected chi connectivity index (χ3v) is 3.78. The van der Waals surface area contributed by atoms with E-state index in [4.69, 9.17) is 4.74 Å². The predicted molar refractivity (Wildman–Crippen MR) is 92.7 cm³/mol. The van der Waals surface area contributed by atoms with Crippen molar-refractivity contribution in [2.24, 2.45) is 0 Å². The van der Waals surface area contributed by atoms with Gasteiger partial charge in [-0.1, -0.05) is 42.5 Å². The van der Waals surface area contributed by atoms with Gasteiger partial charge in [0.25, 0.3) is 0 Å². The van der Waals surface area contributed by atoms with Gasteiger partial charge in [-0.05, 0) is 36.1 Å². The maximum absolute atomic E-state index is 11.8. The van der Waals surface area contributed by atoms with Crippen LogP contribution in [0.4, 0.5) is 0 Å². The Morgan fingerprint density at radius 2 is 1.54 bits per heavy atom. The summed E-state index contributed by atoms with van der Waals surface area (Å²) in [6, 6.07) is 15.3. The van der Waals surface area contributed by atoms with Crippen LogP contribution in [-0.4, -0.2) is 25.5 Å². The number of para-hydroxylation sites is 1. The second kappa shape index (κ2) is 8.72. The molecule has 2 aromatic carbocycles. The fourth-order valence-electron chi connectivity index (χ4n) is 2.36. The van der Waals surface area contributed by atoms with E-state index in [9.17, 15) is 9.59 Å². The van der Waals surface area contributed by atoms with Crippen molar-refractivity contribution in [2.75, 3.05) is 13.7 Å². The van der Waals surface area contributed by atoms with E-state index in [1.54, 1.807) is 7.11 Å². The lowest BCUT2D eigenvalue weighted by Gasteiger charge is -2.10. The lowest BCUT2D eigenvalue weighted by molar-refractivity contribution is -0.139. The SMILES string of the molecule is COc1ccccc1CCNC(=O)C(=O)NCc1ccccc1C. The molecular weight excluding hydrogens is 304 g/mol. The van der Waals surface area contributed by atoms with Gasteiger partial charge in [-0.15, -0.1) is 0 Å². The topological polar surface area (TPSA) is 67.4 Å². The molecule has 0 heterocycles. The fraction of sp³-hybridized carbons (Fsp3) is 0.263. The van der Waals surface area contributed by atoms with Crippen LogP contribution >= 0.6 is 0 Å². The van der Waals surface area contributed by atoms with Crippen LogP contribution in [0.1, 0.15) is 16.7 Å². The first kappa shape index (κ1) is 17.5. The van der Waals surface area contributed by atoms with Crippen LogP contribution in [0.2, 0.25) is 0 Å². The summed E-state index contributed by atoms with van der Waals surface area (Å²) < 4.78 is 5.26. The molecule has 24 heavy (non-hydrogen) atoms. The molecule has 2 N–H and O–H groups in total. The van der Waals surface area contributed by atoms with Crippen molar-refractivity contribution in [1.82, 2.24) is 10.6 Å². The molecule has 0 fully saturated rings. The maximum Gasteiger partial charge on any atom is 0.309 e. The van der Waals surface area contributed by atoms with Crippen LogP contribution in [0.3, 0.4) is 0 Å². The second-order valence-corrected chi connectivity index (χ2v) is 5.43. The summed E-state index contributed by atoms with van der Waals surface area (Å²) >= 11 is 0. The summed E-state index contributed by atoms with van der Waals surface area (Å²) in [5.41, 5.74) is 3.06. The van der Waals surface area contributed by atoms with E-state index in [2.05, 4.69) is 10.6 Å². The highest BCUT2D eigenvalue weighted by Gasteiger charge is 2.13. The molecule has 0 aliphatic heterocycles. The number of amides is 2. The summed E-state index contributed by atoms with van der Waals surface area (Å²) in [6.45, 7) is 2.68. The summed E-state index contributed by atoms with van der Waals surface area (Å²) in [6.07, 6.45) is 0.598. The molecule has 2 rings (SSSR count). The molecule has 2 amide bonds.